The number of nitrogens with zero attached hydrogens (tertiary/aromatic N) is 2. The number of hydrogen-bond donors (Lipinski definition) is 0. The summed E-state index contributed by atoms with van der Waals surface area (Å²) in [4.78, 5) is 16.2. The molecule has 0 bridgehead atoms. The van der Waals surface area contributed by atoms with E-state index < -0.39 is 0 Å². The number of hydrogen-bond acceptors (Lipinski definition) is 3. The molecule has 1 unspecified atom stereocenters. The van der Waals surface area contributed by atoms with Crippen molar-refractivity contribution in [3.05, 3.63) is 51.1 Å². The summed E-state index contributed by atoms with van der Waals surface area (Å²) in [7, 11) is 0. The third kappa shape index (κ3) is 2.59. The van der Waals surface area contributed by atoms with Gasteiger partial charge in [-0.1, -0.05) is 52.1 Å². The number of aromatic nitrogens is 2. The third-order valence-electron chi connectivity index (χ3n) is 5.06. The van der Waals surface area contributed by atoms with Gasteiger partial charge in [-0.05, 0) is 55.1 Å². The largest absolute Gasteiger partial charge is 0.352 e. The second-order valence-corrected chi connectivity index (χ2v) is 11.2. The molecule has 0 amide bonds. The first-order valence-corrected chi connectivity index (χ1v) is 11.7. The summed E-state index contributed by atoms with van der Waals surface area (Å²) in [5.74, 6) is 0. The van der Waals surface area contributed by atoms with Crippen molar-refractivity contribution in [2.24, 2.45) is 0 Å². The van der Waals surface area contributed by atoms with E-state index in [1.165, 1.54) is 28.1 Å². The molecule has 0 N–H and O–H groups in total. The lowest BCUT2D eigenvalue weighted by Crippen LogP contribution is -2.46. The smallest absolute Gasteiger partial charge is 0.240 e. The van der Waals surface area contributed by atoms with Crippen LogP contribution in [0.4, 0.5) is 0 Å². The molecule has 0 saturated carbocycles. The van der Waals surface area contributed by atoms with Crippen LogP contribution in [0.3, 0.4) is 0 Å². The Morgan fingerprint density at radius 2 is 1.96 bits per heavy atom. The third-order valence-corrected chi connectivity index (χ3v) is 8.87. The fraction of sp³-hybridized carbons (Fsp3) is 0.368. The Bertz CT molecular complexity index is 1030. The molecule has 3 nitrogen and oxygen atoms in total. The summed E-state index contributed by atoms with van der Waals surface area (Å²) in [6.07, 6.45) is 5.80. The van der Waals surface area contributed by atoms with Gasteiger partial charge in [-0.3, -0.25) is 0 Å². The molecule has 0 spiro atoms. The highest BCUT2D eigenvalue weighted by molar-refractivity contribution is 14.1. The first-order chi connectivity index (χ1) is 12.2. The van der Waals surface area contributed by atoms with Gasteiger partial charge in [-0.2, -0.15) is 4.57 Å². The molecule has 2 aliphatic rings. The van der Waals surface area contributed by atoms with Crippen molar-refractivity contribution < 1.29 is 4.57 Å². The monoisotopic (exact) mass is 481 g/mol. The van der Waals surface area contributed by atoms with E-state index >= 15 is 0 Å². The van der Waals surface area contributed by atoms with Crippen molar-refractivity contribution in [3.63, 3.8) is 0 Å². The van der Waals surface area contributed by atoms with Gasteiger partial charge in [0.05, 0.1) is 9.80 Å². The molecule has 1 atom stereocenters. The molecule has 0 saturated heterocycles. The van der Waals surface area contributed by atoms with Crippen LogP contribution in [0.1, 0.15) is 29.7 Å². The first-order valence-electron chi connectivity index (χ1n) is 8.73. The Morgan fingerprint density at radius 3 is 2.80 bits per heavy atom. The number of alkyl halides is 1. The summed E-state index contributed by atoms with van der Waals surface area (Å²) in [6, 6.07) is 10.1. The second-order valence-electron chi connectivity index (χ2n) is 6.62. The standard InChI is InChI=1S/C19H18IN2OS2/c20-15-10-11-21-18-16(13-8-4-5-9-14(13)24-18)17(23)22(19(21)25-15)12-6-2-1-3-7-12/h1-3,6-7,15H,4-5,8-11H2/q+1. The number of rotatable bonds is 1. The Morgan fingerprint density at radius 1 is 1.16 bits per heavy atom. The van der Waals surface area contributed by atoms with Crippen LogP contribution in [0.5, 0.6) is 0 Å². The molecule has 2 aromatic heterocycles. The van der Waals surface area contributed by atoms with Gasteiger partial charge in [0.2, 0.25) is 0 Å². The minimum Gasteiger partial charge on any atom is -0.240 e. The van der Waals surface area contributed by atoms with Crippen molar-refractivity contribution >= 4 is 55.9 Å². The predicted molar refractivity (Wildman–Crippen MR) is 113 cm³/mol. The zero-order valence-electron chi connectivity index (χ0n) is 13.7. The SMILES string of the molecule is O=c1c2c3c(sc2[n+]2c(n1-c1ccccc1)SC(I)CC2)CCCC3. The normalized spacial score (nSPS) is 19.6. The maximum absolute atomic E-state index is 13.6. The van der Waals surface area contributed by atoms with E-state index in [4.69, 9.17) is 0 Å². The van der Waals surface area contributed by atoms with Crippen LogP contribution in [-0.4, -0.2) is 7.82 Å². The molecule has 6 heteroatoms. The molecule has 3 heterocycles. The minimum atomic E-state index is 0.171. The molecular formula is C19H18IN2OS2+. The van der Waals surface area contributed by atoms with E-state index in [0.29, 0.717) is 3.26 Å². The number of benzene rings is 1. The highest BCUT2D eigenvalue weighted by atomic mass is 127. The zero-order valence-corrected chi connectivity index (χ0v) is 17.5. The lowest BCUT2D eigenvalue weighted by molar-refractivity contribution is -0.713. The van der Waals surface area contributed by atoms with E-state index in [0.717, 1.165) is 42.0 Å². The summed E-state index contributed by atoms with van der Waals surface area (Å²) in [5.41, 5.74) is 2.48. The summed E-state index contributed by atoms with van der Waals surface area (Å²) in [5, 5.41) is 2.08. The maximum atomic E-state index is 13.6. The van der Waals surface area contributed by atoms with Crippen molar-refractivity contribution in [2.75, 3.05) is 0 Å². The summed E-state index contributed by atoms with van der Waals surface area (Å²) in [6.45, 7) is 0.999. The summed E-state index contributed by atoms with van der Waals surface area (Å²) >= 11 is 6.19. The Labute approximate surface area is 168 Å². The van der Waals surface area contributed by atoms with Crippen LogP contribution in [-0.2, 0) is 19.4 Å². The van der Waals surface area contributed by atoms with Crippen LogP contribution in [0.15, 0.2) is 40.3 Å². The number of thiophene rings is 1. The quantitative estimate of drug-likeness (QED) is 0.222. The second kappa shape index (κ2) is 6.39. The zero-order chi connectivity index (χ0) is 17.0. The number of halogens is 1. The van der Waals surface area contributed by atoms with Crippen LogP contribution < -0.4 is 10.1 Å². The summed E-state index contributed by atoms with van der Waals surface area (Å²) < 4.78 is 4.88. The Balaban J connectivity index is 1.91. The molecule has 0 fully saturated rings. The van der Waals surface area contributed by atoms with Gasteiger partial charge in [0, 0.05) is 11.3 Å². The van der Waals surface area contributed by atoms with Crippen LogP contribution in [0, 0.1) is 0 Å². The molecule has 0 radical (unpaired) electrons. The predicted octanol–water partition coefficient (Wildman–Crippen LogP) is 4.48. The lowest BCUT2D eigenvalue weighted by atomic mass is 9.97. The average molecular weight is 481 g/mol. The van der Waals surface area contributed by atoms with Crippen molar-refractivity contribution in [1.82, 2.24) is 4.57 Å². The van der Waals surface area contributed by atoms with Crippen molar-refractivity contribution in [1.29, 1.82) is 0 Å². The molecule has 3 aromatic rings. The highest BCUT2D eigenvalue weighted by Gasteiger charge is 2.34. The molecule has 1 aliphatic heterocycles. The van der Waals surface area contributed by atoms with Crippen molar-refractivity contribution in [3.8, 4) is 5.69 Å². The first kappa shape index (κ1) is 16.3. The molecule has 25 heavy (non-hydrogen) atoms. The molecule has 5 rings (SSSR count). The number of fused-ring (bicyclic) bond motifs is 5. The van der Waals surface area contributed by atoms with Gasteiger partial charge in [-0.25, -0.2) is 9.36 Å². The number of aryl methyl sites for hydroxylation is 3. The van der Waals surface area contributed by atoms with E-state index in [9.17, 15) is 4.79 Å². The van der Waals surface area contributed by atoms with E-state index in [-0.39, 0.29) is 5.56 Å². The van der Waals surface area contributed by atoms with E-state index in [1.54, 1.807) is 0 Å². The highest BCUT2D eigenvalue weighted by Crippen LogP contribution is 2.37. The van der Waals surface area contributed by atoms with Gasteiger partial charge in [0.25, 0.3) is 0 Å². The lowest BCUT2D eigenvalue weighted by Gasteiger charge is -2.19. The average Bonchev–Trinajstić information content (AvgIpc) is 3.02. The van der Waals surface area contributed by atoms with Gasteiger partial charge in [0.15, 0.2) is 4.83 Å². The molecule has 1 aromatic carbocycles. The van der Waals surface area contributed by atoms with Gasteiger partial charge < -0.3 is 0 Å². The number of thioether (sulfide) groups is 1. The Kier molecular flexibility index (Phi) is 4.17. The fourth-order valence-electron chi connectivity index (χ4n) is 3.89. The number of para-hydroxylation sites is 1. The van der Waals surface area contributed by atoms with Crippen LogP contribution in [0.2, 0.25) is 0 Å². The maximum Gasteiger partial charge on any atom is 0.352 e. The Hall–Kier alpha value is -0.860. The van der Waals surface area contributed by atoms with E-state index in [1.807, 2.05) is 58.0 Å². The fourth-order valence-corrected chi connectivity index (χ4v) is 7.37. The minimum absolute atomic E-state index is 0.171. The molecule has 1 aliphatic carbocycles. The topological polar surface area (TPSA) is 25.9 Å². The van der Waals surface area contributed by atoms with Crippen LogP contribution in [0.25, 0.3) is 15.9 Å². The van der Waals surface area contributed by atoms with E-state index in [2.05, 4.69) is 27.2 Å². The van der Waals surface area contributed by atoms with Gasteiger partial charge in [-0.15, -0.1) is 0 Å². The van der Waals surface area contributed by atoms with Crippen LogP contribution >= 0.6 is 45.7 Å². The molecule has 128 valence electrons. The van der Waals surface area contributed by atoms with Gasteiger partial charge in [0.1, 0.15) is 11.1 Å². The van der Waals surface area contributed by atoms with Crippen molar-refractivity contribution in [2.45, 2.75) is 47.1 Å². The van der Waals surface area contributed by atoms with Gasteiger partial charge >= 0.3 is 10.7 Å². The molecular weight excluding hydrogens is 463 g/mol.